The molecule has 0 aliphatic carbocycles. The molecule has 0 atom stereocenters. The van der Waals surface area contributed by atoms with Gasteiger partial charge in [-0.15, -0.1) is 0 Å². The third-order valence-electron chi connectivity index (χ3n) is 3.39. The summed E-state index contributed by atoms with van der Waals surface area (Å²) in [5, 5.41) is 11.7. The second-order valence-electron chi connectivity index (χ2n) is 4.97. The number of amides is 1. The highest BCUT2D eigenvalue weighted by molar-refractivity contribution is 5.94. The average Bonchev–Trinajstić information content (AvgIpc) is 2.80. The monoisotopic (exact) mass is 287 g/mol. The van der Waals surface area contributed by atoms with Crippen LogP contribution in [0.3, 0.4) is 0 Å². The smallest absolute Gasteiger partial charge is 0.339 e. The van der Waals surface area contributed by atoms with Gasteiger partial charge < -0.3 is 14.8 Å². The van der Waals surface area contributed by atoms with Gasteiger partial charge >= 0.3 is 5.97 Å². The summed E-state index contributed by atoms with van der Waals surface area (Å²) in [6, 6.07) is 6.90. The highest BCUT2D eigenvalue weighted by atomic mass is 16.4. The Hall–Kier alpha value is -2.56. The van der Waals surface area contributed by atoms with Crippen LogP contribution >= 0.6 is 0 Å². The van der Waals surface area contributed by atoms with Crippen molar-refractivity contribution in [1.82, 2.24) is 5.32 Å². The molecule has 0 fully saturated rings. The lowest BCUT2D eigenvalue weighted by Gasteiger charge is -2.06. The Balaban J connectivity index is 2.05. The van der Waals surface area contributed by atoms with Crippen molar-refractivity contribution in [2.45, 2.75) is 27.3 Å². The Bertz CT molecular complexity index is 700. The fourth-order valence-corrected chi connectivity index (χ4v) is 2.00. The zero-order chi connectivity index (χ0) is 15.6. The molecule has 1 aromatic heterocycles. The van der Waals surface area contributed by atoms with Crippen LogP contribution in [0.1, 0.15) is 43.4 Å². The number of nitrogens with one attached hydrogen (secondary N) is 1. The quantitative estimate of drug-likeness (QED) is 0.906. The zero-order valence-corrected chi connectivity index (χ0v) is 12.2. The summed E-state index contributed by atoms with van der Waals surface area (Å²) in [5.41, 5.74) is 2.86. The minimum atomic E-state index is -1.04. The summed E-state index contributed by atoms with van der Waals surface area (Å²) in [6.07, 6.45) is 0. The van der Waals surface area contributed by atoms with Crippen LogP contribution in [0.4, 0.5) is 0 Å². The lowest BCUT2D eigenvalue weighted by Crippen LogP contribution is -2.22. The summed E-state index contributed by atoms with van der Waals surface area (Å²) < 4.78 is 5.31. The molecule has 21 heavy (non-hydrogen) atoms. The molecule has 0 aliphatic rings. The third kappa shape index (κ3) is 3.31. The molecule has 5 nitrogen and oxygen atoms in total. The number of carbonyl (C=O) groups excluding carboxylic acids is 1. The van der Waals surface area contributed by atoms with E-state index in [-0.39, 0.29) is 18.0 Å². The lowest BCUT2D eigenvalue weighted by molar-refractivity contribution is 0.0694. The number of hydrogen-bond donors (Lipinski definition) is 2. The Morgan fingerprint density at radius 2 is 1.86 bits per heavy atom. The SMILES string of the molecule is Cc1ccc(C(=O)NCc2cc(C(=O)O)c(C)o2)cc1C. The van der Waals surface area contributed by atoms with Crippen molar-refractivity contribution in [3.8, 4) is 0 Å². The van der Waals surface area contributed by atoms with E-state index in [0.29, 0.717) is 17.1 Å². The van der Waals surface area contributed by atoms with E-state index in [1.165, 1.54) is 6.07 Å². The van der Waals surface area contributed by atoms with Gasteiger partial charge in [0, 0.05) is 5.56 Å². The number of benzene rings is 1. The molecule has 5 heteroatoms. The fourth-order valence-electron chi connectivity index (χ4n) is 2.00. The van der Waals surface area contributed by atoms with E-state index in [1.54, 1.807) is 13.0 Å². The molecular formula is C16H17NO4. The van der Waals surface area contributed by atoms with Gasteiger partial charge in [-0.1, -0.05) is 6.07 Å². The summed E-state index contributed by atoms with van der Waals surface area (Å²) in [6.45, 7) is 5.66. The number of hydrogen-bond acceptors (Lipinski definition) is 3. The molecule has 2 aromatic rings. The van der Waals surface area contributed by atoms with Crippen LogP contribution in [0.25, 0.3) is 0 Å². The Morgan fingerprint density at radius 1 is 1.14 bits per heavy atom. The minimum Gasteiger partial charge on any atom is -0.478 e. The topological polar surface area (TPSA) is 79.5 Å². The van der Waals surface area contributed by atoms with Gasteiger partial charge in [-0.25, -0.2) is 4.79 Å². The molecule has 0 aliphatic heterocycles. The highest BCUT2D eigenvalue weighted by Crippen LogP contribution is 2.15. The predicted molar refractivity (Wildman–Crippen MR) is 77.5 cm³/mol. The third-order valence-corrected chi connectivity index (χ3v) is 3.39. The van der Waals surface area contributed by atoms with Gasteiger partial charge in [-0.2, -0.15) is 0 Å². The Morgan fingerprint density at radius 3 is 2.43 bits per heavy atom. The summed E-state index contributed by atoms with van der Waals surface area (Å²) >= 11 is 0. The summed E-state index contributed by atoms with van der Waals surface area (Å²) in [5.74, 6) is -0.507. The number of carboxylic acid groups (broad SMARTS) is 1. The van der Waals surface area contributed by atoms with Crippen molar-refractivity contribution in [2.24, 2.45) is 0 Å². The van der Waals surface area contributed by atoms with E-state index < -0.39 is 5.97 Å². The van der Waals surface area contributed by atoms with Gasteiger partial charge in [-0.05, 0) is 50.1 Å². The minimum absolute atomic E-state index is 0.116. The maximum Gasteiger partial charge on any atom is 0.339 e. The first-order valence-electron chi connectivity index (χ1n) is 6.56. The number of carboxylic acids is 1. The van der Waals surface area contributed by atoms with Crippen molar-refractivity contribution in [1.29, 1.82) is 0 Å². The fraction of sp³-hybridized carbons (Fsp3) is 0.250. The standard InChI is InChI=1S/C16H17NO4/c1-9-4-5-12(6-10(9)2)15(18)17-8-13-7-14(16(19)20)11(3)21-13/h4-7H,8H2,1-3H3,(H,17,18)(H,19,20). The van der Waals surface area contributed by atoms with Crippen LogP contribution in [0.2, 0.25) is 0 Å². The lowest BCUT2D eigenvalue weighted by atomic mass is 10.1. The van der Waals surface area contributed by atoms with Crippen LogP contribution in [-0.4, -0.2) is 17.0 Å². The maximum absolute atomic E-state index is 12.0. The first-order chi connectivity index (χ1) is 9.88. The van der Waals surface area contributed by atoms with E-state index in [2.05, 4.69) is 5.32 Å². The number of carbonyl (C=O) groups is 2. The maximum atomic E-state index is 12.0. The van der Waals surface area contributed by atoms with Gasteiger partial charge in [0.2, 0.25) is 0 Å². The number of aryl methyl sites for hydroxylation is 3. The van der Waals surface area contributed by atoms with Crippen LogP contribution in [0.5, 0.6) is 0 Å². The van der Waals surface area contributed by atoms with E-state index in [0.717, 1.165) is 11.1 Å². The number of rotatable bonds is 4. The Labute approximate surface area is 122 Å². The summed E-state index contributed by atoms with van der Waals surface area (Å²) in [7, 11) is 0. The zero-order valence-electron chi connectivity index (χ0n) is 12.2. The van der Waals surface area contributed by atoms with Crippen molar-refractivity contribution < 1.29 is 19.1 Å². The normalized spacial score (nSPS) is 10.4. The van der Waals surface area contributed by atoms with Gasteiger partial charge in [0.05, 0.1) is 6.54 Å². The molecule has 1 amide bonds. The van der Waals surface area contributed by atoms with Crippen LogP contribution in [0, 0.1) is 20.8 Å². The van der Waals surface area contributed by atoms with Crippen molar-refractivity contribution in [3.05, 3.63) is 58.0 Å². The first kappa shape index (κ1) is 14.8. The molecule has 110 valence electrons. The second kappa shape index (κ2) is 5.83. The Kier molecular flexibility index (Phi) is 4.12. The molecule has 0 spiro atoms. The molecule has 0 saturated heterocycles. The van der Waals surface area contributed by atoms with E-state index in [1.807, 2.05) is 26.0 Å². The van der Waals surface area contributed by atoms with Gasteiger partial charge in [-0.3, -0.25) is 4.79 Å². The number of furan rings is 1. The summed E-state index contributed by atoms with van der Waals surface area (Å²) in [4.78, 5) is 23.0. The predicted octanol–water partition coefficient (Wildman–Crippen LogP) is 2.83. The van der Waals surface area contributed by atoms with E-state index in [9.17, 15) is 9.59 Å². The first-order valence-corrected chi connectivity index (χ1v) is 6.56. The van der Waals surface area contributed by atoms with Crippen molar-refractivity contribution in [3.63, 3.8) is 0 Å². The average molecular weight is 287 g/mol. The molecule has 0 bridgehead atoms. The molecular weight excluding hydrogens is 270 g/mol. The largest absolute Gasteiger partial charge is 0.478 e. The molecule has 2 rings (SSSR count). The molecule has 1 heterocycles. The van der Waals surface area contributed by atoms with Crippen LogP contribution in [0.15, 0.2) is 28.7 Å². The van der Waals surface area contributed by atoms with Crippen LogP contribution < -0.4 is 5.32 Å². The van der Waals surface area contributed by atoms with Gasteiger partial charge in [0.25, 0.3) is 5.91 Å². The molecule has 0 radical (unpaired) electrons. The van der Waals surface area contributed by atoms with Gasteiger partial charge in [0.15, 0.2) is 0 Å². The van der Waals surface area contributed by atoms with Crippen molar-refractivity contribution in [2.75, 3.05) is 0 Å². The van der Waals surface area contributed by atoms with E-state index in [4.69, 9.17) is 9.52 Å². The molecule has 1 aromatic carbocycles. The molecule has 0 unspecified atom stereocenters. The second-order valence-corrected chi connectivity index (χ2v) is 4.97. The number of aromatic carboxylic acids is 1. The molecule has 2 N–H and O–H groups in total. The highest BCUT2D eigenvalue weighted by Gasteiger charge is 2.14. The van der Waals surface area contributed by atoms with E-state index >= 15 is 0 Å². The van der Waals surface area contributed by atoms with Gasteiger partial charge in [0.1, 0.15) is 17.1 Å². The van der Waals surface area contributed by atoms with Crippen molar-refractivity contribution >= 4 is 11.9 Å². The van der Waals surface area contributed by atoms with Crippen LogP contribution in [-0.2, 0) is 6.54 Å². The molecule has 0 saturated carbocycles.